The Morgan fingerprint density at radius 2 is 2.14 bits per heavy atom. The lowest BCUT2D eigenvalue weighted by Gasteiger charge is -2.41. The maximum atomic E-state index is 12.1. The van der Waals surface area contributed by atoms with Crippen molar-refractivity contribution in [3.8, 4) is 0 Å². The first-order valence-corrected chi connectivity index (χ1v) is 7.48. The minimum Gasteiger partial charge on any atom is -0.481 e. The molecule has 0 atom stereocenters. The molecule has 0 radical (unpaired) electrons. The fourth-order valence-corrected chi connectivity index (χ4v) is 2.71. The van der Waals surface area contributed by atoms with Gasteiger partial charge in [-0.05, 0) is 31.4 Å². The number of carboxylic acids is 1. The molecule has 1 aliphatic carbocycles. The molecule has 8 heteroatoms. The Morgan fingerprint density at radius 3 is 2.67 bits per heavy atom. The normalized spacial score (nSPS) is 16.5. The SMILES string of the molecule is O=C(O)CC1(NC(=O)c2ccc(CSC(F)F)o2)CCC1. The zero-order valence-corrected chi connectivity index (χ0v) is 11.9. The van der Waals surface area contributed by atoms with E-state index in [1.807, 2.05) is 0 Å². The number of thioether (sulfide) groups is 1. The number of carbonyl (C=O) groups excluding carboxylic acids is 1. The van der Waals surface area contributed by atoms with Crippen LogP contribution in [0.5, 0.6) is 0 Å². The van der Waals surface area contributed by atoms with Gasteiger partial charge in [0.2, 0.25) is 0 Å². The summed E-state index contributed by atoms with van der Waals surface area (Å²) in [6.45, 7) is 0. The highest BCUT2D eigenvalue weighted by Crippen LogP contribution is 2.35. The highest BCUT2D eigenvalue weighted by atomic mass is 32.2. The molecule has 116 valence electrons. The van der Waals surface area contributed by atoms with E-state index >= 15 is 0 Å². The first-order chi connectivity index (χ1) is 9.90. The number of carboxylic acid groups (broad SMARTS) is 1. The lowest BCUT2D eigenvalue weighted by atomic mass is 9.74. The van der Waals surface area contributed by atoms with Crippen LogP contribution < -0.4 is 5.32 Å². The maximum absolute atomic E-state index is 12.1. The van der Waals surface area contributed by atoms with E-state index in [0.29, 0.717) is 24.6 Å². The van der Waals surface area contributed by atoms with Crippen molar-refractivity contribution in [1.82, 2.24) is 5.32 Å². The van der Waals surface area contributed by atoms with E-state index in [2.05, 4.69) is 5.32 Å². The number of amides is 1. The number of furan rings is 1. The van der Waals surface area contributed by atoms with E-state index < -0.39 is 23.2 Å². The third-order valence-corrected chi connectivity index (χ3v) is 4.12. The van der Waals surface area contributed by atoms with E-state index in [1.165, 1.54) is 12.1 Å². The van der Waals surface area contributed by atoms with E-state index in [4.69, 9.17) is 9.52 Å². The van der Waals surface area contributed by atoms with E-state index in [9.17, 15) is 18.4 Å². The molecule has 0 spiro atoms. The minimum atomic E-state index is -2.50. The van der Waals surface area contributed by atoms with Crippen LogP contribution in [-0.4, -0.2) is 28.3 Å². The molecule has 0 bridgehead atoms. The van der Waals surface area contributed by atoms with Crippen LogP contribution in [0.25, 0.3) is 0 Å². The van der Waals surface area contributed by atoms with Gasteiger partial charge in [-0.2, -0.15) is 8.78 Å². The number of aliphatic carboxylic acids is 1. The topological polar surface area (TPSA) is 79.5 Å². The van der Waals surface area contributed by atoms with Crippen molar-refractivity contribution < 1.29 is 27.9 Å². The molecule has 0 aromatic carbocycles. The molecular weight excluding hydrogens is 304 g/mol. The average Bonchev–Trinajstić information content (AvgIpc) is 2.81. The molecular formula is C13H15F2NO4S. The first kappa shape index (κ1) is 15.8. The van der Waals surface area contributed by atoms with Crippen LogP contribution in [0.2, 0.25) is 0 Å². The smallest absolute Gasteiger partial charge is 0.305 e. The minimum absolute atomic E-state index is 0.0107. The number of carbonyl (C=O) groups is 2. The van der Waals surface area contributed by atoms with Gasteiger partial charge in [-0.25, -0.2) is 0 Å². The average molecular weight is 319 g/mol. The number of hydrogen-bond donors (Lipinski definition) is 2. The molecule has 2 N–H and O–H groups in total. The fraction of sp³-hybridized carbons (Fsp3) is 0.538. The molecule has 1 heterocycles. The van der Waals surface area contributed by atoms with Crippen molar-refractivity contribution in [2.45, 2.75) is 42.7 Å². The molecule has 1 fully saturated rings. The van der Waals surface area contributed by atoms with E-state index in [0.717, 1.165) is 6.42 Å². The molecule has 1 aromatic heterocycles. The highest BCUT2D eigenvalue weighted by Gasteiger charge is 2.40. The lowest BCUT2D eigenvalue weighted by Crippen LogP contribution is -2.54. The second-order valence-corrected chi connectivity index (χ2v) is 5.97. The summed E-state index contributed by atoms with van der Waals surface area (Å²) >= 11 is 0.410. The Balaban J connectivity index is 1.95. The molecule has 2 rings (SSSR count). The van der Waals surface area contributed by atoms with Crippen LogP contribution >= 0.6 is 11.8 Å². The molecule has 1 aromatic rings. The van der Waals surface area contributed by atoms with Gasteiger partial charge < -0.3 is 14.8 Å². The second kappa shape index (κ2) is 6.46. The summed E-state index contributed by atoms with van der Waals surface area (Å²) in [7, 11) is 0. The lowest BCUT2D eigenvalue weighted by molar-refractivity contribution is -0.139. The van der Waals surface area contributed by atoms with Gasteiger partial charge in [-0.3, -0.25) is 9.59 Å². The first-order valence-electron chi connectivity index (χ1n) is 6.43. The van der Waals surface area contributed by atoms with Gasteiger partial charge in [-0.1, -0.05) is 11.8 Å². The standard InChI is InChI=1S/C13H15F2NO4S/c14-12(15)21-7-8-2-3-9(20-8)11(19)16-13(4-1-5-13)6-10(17)18/h2-3,12H,1,4-7H2,(H,16,19)(H,17,18). The van der Waals surface area contributed by atoms with Crippen LogP contribution in [0.4, 0.5) is 8.78 Å². The van der Waals surface area contributed by atoms with Crippen molar-refractivity contribution in [3.63, 3.8) is 0 Å². The molecule has 1 saturated carbocycles. The number of halogens is 2. The zero-order chi connectivity index (χ0) is 15.5. The number of hydrogen-bond acceptors (Lipinski definition) is 4. The molecule has 5 nitrogen and oxygen atoms in total. The Hall–Kier alpha value is -1.57. The van der Waals surface area contributed by atoms with Gasteiger partial charge in [0.05, 0.1) is 17.7 Å². The summed E-state index contributed by atoms with van der Waals surface area (Å²) in [5.41, 5.74) is -0.715. The van der Waals surface area contributed by atoms with E-state index in [-0.39, 0.29) is 23.7 Å². The number of rotatable bonds is 7. The Bertz CT molecular complexity index is 528. The molecule has 0 saturated heterocycles. The quantitative estimate of drug-likeness (QED) is 0.808. The van der Waals surface area contributed by atoms with Gasteiger partial charge in [-0.15, -0.1) is 0 Å². The Labute approximate surface area is 124 Å². The van der Waals surface area contributed by atoms with Gasteiger partial charge in [0.25, 0.3) is 11.7 Å². The van der Waals surface area contributed by atoms with Gasteiger partial charge in [0, 0.05) is 0 Å². The summed E-state index contributed by atoms with van der Waals surface area (Å²) in [6, 6.07) is 2.87. The van der Waals surface area contributed by atoms with Gasteiger partial charge in [0.1, 0.15) is 5.76 Å². The van der Waals surface area contributed by atoms with Crippen LogP contribution in [0.1, 0.15) is 42.0 Å². The molecule has 0 aliphatic heterocycles. The van der Waals surface area contributed by atoms with Crippen LogP contribution in [0.15, 0.2) is 16.5 Å². The second-order valence-electron chi connectivity index (χ2n) is 5.00. The summed E-state index contributed by atoms with van der Waals surface area (Å²) in [4.78, 5) is 22.9. The largest absolute Gasteiger partial charge is 0.481 e. The predicted molar refractivity (Wildman–Crippen MR) is 72.3 cm³/mol. The summed E-state index contributed by atoms with van der Waals surface area (Å²) in [5, 5.41) is 11.6. The van der Waals surface area contributed by atoms with E-state index in [1.54, 1.807) is 0 Å². The maximum Gasteiger partial charge on any atom is 0.305 e. The van der Waals surface area contributed by atoms with Gasteiger partial charge >= 0.3 is 5.97 Å². The summed E-state index contributed by atoms with van der Waals surface area (Å²) < 4.78 is 29.3. The fourth-order valence-electron chi connectivity index (χ4n) is 2.26. The molecule has 21 heavy (non-hydrogen) atoms. The number of alkyl halides is 2. The van der Waals surface area contributed by atoms with Crippen molar-refractivity contribution >= 4 is 23.6 Å². The molecule has 1 amide bonds. The molecule has 0 unspecified atom stereocenters. The van der Waals surface area contributed by atoms with Crippen molar-refractivity contribution in [2.24, 2.45) is 0 Å². The Morgan fingerprint density at radius 1 is 1.43 bits per heavy atom. The predicted octanol–water partition coefficient (Wildman–Crippen LogP) is 2.86. The van der Waals surface area contributed by atoms with Crippen molar-refractivity contribution in [3.05, 3.63) is 23.7 Å². The third kappa shape index (κ3) is 4.20. The highest BCUT2D eigenvalue weighted by molar-refractivity contribution is 7.98. The van der Waals surface area contributed by atoms with Crippen LogP contribution in [-0.2, 0) is 10.5 Å². The number of nitrogens with one attached hydrogen (secondary N) is 1. The monoisotopic (exact) mass is 319 g/mol. The summed E-state index contributed by atoms with van der Waals surface area (Å²) in [5.74, 6) is -3.71. The van der Waals surface area contributed by atoms with Crippen LogP contribution in [0, 0.1) is 0 Å². The summed E-state index contributed by atoms with van der Waals surface area (Å²) in [6.07, 6.45) is 1.95. The Kier molecular flexibility index (Phi) is 4.87. The molecule has 1 aliphatic rings. The zero-order valence-electron chi connectivity index (χ0n) is 11.1. The third-order valence-electron chi connectivity index (χ3n) is 3.42. The van der Waals surface area contributed by atoms with Crippen molar-refractivity contribution in [2.75, 3.05) is 0 Å². The van der Waals surface area contributed by atoms with Gasteiger partial charge in [0.15, 0.2) is 5.76 Å². The van der Waals surface area contributed by atoms with Crippen molar-refractivity contribution in [1.29, 1.82) is 0 Å². The van der Waals surface area contributed by atoms with Crippen LogP contribution in [0.3, 0.4) is 0 Å².